The number of nitrogens with one attached hydrogen (secondary N) is 1. The number of benzene rings is 1. The molecule has 3 rings (SSSR count). The van der Waals surface area contributed by atoms with E-state index in [1.807, 2.05) is 18.2 Å². The van der Waals surface area contributed by atoms with Gasteiger partial charge in [0.15, 0.2) is 0 Å². The lowest BCUT2D eigenvalue weighted by Crippen LogP contribution is -2.38. The fraction of sp³-hybridized carbons (Fsp3) is 0.467. The largest absolute Gasteiger partial charge is 0.494 e. The average molecular weight is 308 g/mol. The number of hydrogen-bond acceptors (Lipinski definition) is 5. The summed E-state index contributed by atoms with van der Waals surface area (Å²) in [5.41, 5.74) is 0.798. The molecule has 0 spiro atoms. The molecule has 1 aromatic carbocycles. The Bertz CT molecular complexity index is 602. The van der Waals surface area contributed by atoms with Gasteiger partial charge in [0.25, 0.3) is 0 Å². The van der Waals surface area contributed by atoms with E-state index in [4.69, 9.17) is 21.1 Å². The first-order valence-electron chi connectivity index (χ1n) is 7.18. The molecule has 6 heteroatoms. The number of hydrogen-bond donors (Lipinski definition) is 1. The zero-order chi connectivity index (χ0) is 14.5. The van der Waals surface area contributed by atoms with Crippen molar-refractivity contribution in [3.63, 3.8) is 0 Å². The molecule has 0 amide bonds. The van der Waals surface area contributed by atoms with E-state index in [0.29, 0.717) is 17.9 Å². The summed E-state index contributed by atoms with van der Waals surface area (Å²) < 4.78 is 11.4. The zero-order valence-corrected chi connectivity index (χ0v) is 12.5. The molecule has 2 aromatic rings. The predicted molar refractivity (Wildman–Crippen MR) is 81.9 cm³/mol. The lowest BCUT2D eigenvalue weighted by molar-refractivity contribution is 0.0204. The van der Waals surface area contributed by atoms with Crippen LogP contribution in [0.15, 0.2) is 24.5 Å². The van der Waals surface area contributed by atoms with E-state index in [-0.39, 0.29) is 0 Å². The van der Waals surface area contributed by atoms with E-state index in [0.717, 1.165) is 49.2 Å². The van der Waals surface area contributed by atoms with Crippen molar-refractivity contribution in [3.05, 3.63) is 29.7 Å². The fourth-order valence-corrected chi connectivity index (χ4v) is 2.60. The molecule has 1 N–H and O–H groups in total. The molecular formula is C15H18ClN3O2. The Kier molecular flexibility index (Phi) is 4.85. The van der Waals surface area contributed by atoms with Gasteiger partial charge in [-0.05, 0) is 25.0 Å². The smallest absolute Gasteiger partial charge is 0.140 e. The molecule has 1 atom stereocenters. The van der Waals surface area contributed by atoms with Crippen LogP contribution in [0.1, 0.15) is 12.8 Å². The van der Waals surface area contributed by atoms with E-state index in [9.17, 15) is 0 Å². The first-order chi connectivity index (χ1) is 10.3. The van der Waals surface area contributed by atoms with E-state index in [1.165, 1.54) is 6.33 Å². The van der Waals surface area contributed by atoms with Gasteiger partial charge in [-0.25, -0.2) is 9.97 Å². The van der Waals surface area contributed by atoms with Crippen molar-refractivity contribution in [2.45, 2.75) is 18.9 Å². The van der Waals surface area contributed by atoms with Crippen molar-refractivity contribution in [2.75, 3.05) is 26.3 Å². The molecule has 112 valence electrons. The van der Waals surface area contributed by atoms with Gasteiger partial charge in [0.05, 0.1) is 24.8 Å². The Labute approximate surface area is 128 Å². The van der Waals surface area contributed by atoms with Gasteiger partial charge in [-0.3, -0.25) is 0 Å². The van der Waals surface area contributed by atoms with Crippen LogP contribution in [-0.4, -0.2) is 42.4 Å². The maximum atomic E-state index is 6.01. The molecule has 1 saturated heterocycles. The summed E-state index contributed by atoms with van der Waals surface area (Å²) in [5, 5.41) is 4.63. The summed E-state index contributed by atoms with van der Waals surface area (Å²) in [6.07, 6.45) is 3.75. The van der Waals surface area contributed by atoms with E-state index >= 15 is 0 Å². The molecule has 0 saturated carbocycles. The Hall–Kier alpha value is -1.43. The van der Waals surface area contributed by atoms with Crippen molar-refractivity contribution in [1.29, 1.82) is 0 Å². The minimum Gasteiger partial charge on any atom is -0.494 e. The van der Waals surface area contributed by atoms with Crippen molar-refractivity contribution in [2.24, 2.45) is 0 Å². The van der Waals surface area contributed by atoms with E-state index in [2.05, 4.69) is 15.3 Å². The Morgan fingerprint density at radius 3 is 3.19 bits per heavy atom. The number of fused-ring (bicyclic) bond motifs is 1. The van der Waals surface area contributed by atoms with E-state index in [1.54, 1.807) is 0 Å². The molecule has 1 fully saturated rings. The first kappa shape index (κ1) is 14.5. The van der Waals surface area contributed by atoms with Crippen LogP contribution in [0, 0.1) is 0 Å². The van der Waals surface area contributed by atoms with Crippen LogP contribution in [0.25, 0.3) is 10.9 Å². The summed E-state index contributed by atoms with van der Waals surface area (Å²) in [6, 6.07) is 5.68. The topological polar surface area (TPSA) is 56.3 Å². The Morgan fingerprint density at radius 1 is 1.38 bits per heavy atom. The van der Waals surface area contributed by atoms with Gasteiger partial charge in [-0.1, -0.05) is 11.6 Å². The van der Waals surface area contributed by atoms with Crippen LogP contribution in [0.5, 0.6) is 5.75 Å². The average Bonchev–Trinajstić information content (AvgIpc) is 2.53. The van der Waals surface area contributed by atoms with Crippen LogP contribution >= 0.6 is 11.6 Å². The third-order valence-electron chi connectivity index (χ3n) is 3.50. The SMILES string of the molecule is Clc1ncnc2cc(OCCCC3CNCCO3)ccc12. The maximum Gasteiger partial charge on any atom is 0.140 e. The van der Waals surface area contributed by atoms with Gasteiger partial charge in [0.1, 0.15) is 17.2 Å². The van der Waals surface area contributed by atoms with Gasteiger partial charge < -0.3 is 14.8 Å². The van der Waals surface area contributed by atoms with Gasteiger partial charge in [0.2, 0.25) is 0 Å². The number of rotatable bonds is 5. The van der Waals surface area contributed by atoms with Crippen molar-refractivity contribution >= 4 is 22.5 Å². The molecule has 2 heterocycles. The third kappa shape index (κ3) is 3.81. The Balaban J connectivity index is 1.51. The van der Waals surface area contributed by atoms with Crippen LogP contribution in [-0.2, 0) is 4.74 Å². The molecule has 5 nitrogen and oxygen atoms in total. The molecule has 0 radical (unpaired) electrons. The van der Waals surface area contributed by atoms with Crippen molar-refractivity contribution in [1.82, 2.24) is 15.3 Å². The van der Waals surface area contributed by atoms with Crippen LogP contribution in [0.3, 0.4) is 0 Å². The summed E-state index contributed by atoms with van der Waals surface area (Å²) >= 11 is 6.01. The highest BCUT2D eigenvalue weighted by atomic mass is 35.5. The van der Waals surface area contributed by atoms with Crippen LogP contribution in [0.2, 0.25) is 5.15 Å². The number of nitrogens with zero attached hydrogens (tertiary/aromatic N) is 2. The van der Waals surface area contributed by atoms with Gasteiger partial charge in [0, 0.05) is 24.5 Å². The zero-order valence-electron chi connectivity index (χ0n) is 11.7. The molecule has 1 aromatic heterocycles. The normalized spacial score (nSPS) is 18.8. The predicted octanol–water partition coefficient (Wildman–Crippen LogP) is 2.43. The molecule has 0 bridgehead atoms. The van der Waals surface area contributed by atoms with E-state index < -0.39 is 0 Å². The second kappa shape index (κ2) is 7.02. The van der Waals surface area contributed by atoms with Gasteiger partial charge in [-0.15, -0.1) is 0 Å². The maximum absolute atomic E-state index is 6.01. The molecule has 1 aliphatic rings. The highest BCUT2D eigenvalue weighted by Crippen LogP contribution is 2.23. The van der Waals surface area contributed by atoms with Crippen molar-refractivity contribution in [3.8, 4) is 5.75 Å². The highest BCUT2D eigenvalue weighted by molar-refractivity contribution is 6.34. The lowest BCUT2D eigenvalue weighted by Gasteiger charge is -2.23. The monoisotopic (exact) mass is 307 g/mol. The molecule has 21 heavy (non-hydrogen) atoms. The summed E-state index contributed by atoms with van der Waals surface area (Å²) in [4.78, 5) is 8.16. The molecule has 0 aliphatic carbocycles. The standard InChI is InChI=1S/C15H18ClN3O2/c16-15-13-4-3-11(8-14(13)18-10-19-15)20-6-1-2-12-9-17-5-7-21-12/h3-4,8,10,12,17H,1-2,5-7,9H2. The minimum absolute atomic E-state index is 0.311. The fourth-order valence-electron chi connectivity index (χ4n) is 2.40. The second-order valence-electron chi connectivity index (χ2n) is 5.03. The second-order valence-corrected chi connectivity index (χ2v) is 5.39. The molecule has 1 aliphatic heterocycles. The third-order valence-corrected chi connectivity index (χ3v) is 3.80. The summed E-state index contributed by atoms with van der Waals surface area (Å²) in [7, 11) is 0. The number of aromatic nitrogens is 2. The quantitative estimate of drug-likeness (QED) is 0.679. The first-order valence-corrected chi connectivity index (χ1v) is 7.56. The molecule has 1 unspecified atom stereocenters. The number of morpholine rings is 1. The number of ether oxygens (including phenoxy) is 2. The van der Waals surface area contributed by atoms with Crippen LogP contribution < -0.4 is 10.1 Å². The van der Waals surface area contributed by atoms with Crippen molar-refractivity contribution < 1.29 is 9.47 Å². The Morgan fingerprint density at radius 2 is 2.33 bits per heavy atom. The number of halogens is 1. The molecular weight excluding hydrogens is 290 g/mol. The van der Waals surface area contributed by atoms with Crippen LogP contribution in [0.4, 0.5) is 0 Å². The van der Waals surface area contributed by atoms with Gasteiger partial charge in [-0.2, -0.15) is 0 Å². The summed E-state index contributed by atoms with van der Waals surface area (Å²) in [6.45, 7) is 3.36. The minimum atomic E-state index is 0.311. The summed E-state index contributed by atoms with van der Waals surface area (Å²) in [5.74, 6) is 0.806. The lowest BCUT2D eigenvalue weighted by atomic mass is 10.2. The van der Waals surface area contributed by atoms with Gasteiger partial charge >= 0.3 is 0 Å². The highest BCUT2D eigenvalue weighted by Gasteiger charge is 2.12.